The second-order valence-electron chi connectivity index (χ2n) is 2.91. The fourth-order valence-electron chi connectivity index (χ4n) is 1.19. The van der Waals surface area contributed by atoms with Gasteiger partial charge in [-0.05, 0) is 12.1 Å². The van der Waals surface area contributed by atoms with Crippen LogP contribution in [-0.4, -0.2) is 14.8 Å². The van der Waals surface area contributed by atoms with Gasteiger partial charge in [0.2, 0.25) is 3.83 Å². The number of hydrogen-bond donors (Lipinski definition) is 0. The summed E-state index contributed by atoms with van der Waals surface area (Å²) in [4.78, 5) is 3.87. The number of benzene rings is 1. The highest BCUT2D eigenvalue weighted by molar-refractivity contribution is 14.1. The normalized spacial score (nSPS) is 10.6. The summed E-state index contributed by atoms with van der Waals surface area (Å²) in [6.07, 6.45) is 1.44. The van der Waals surface area contributed by atoms with E-state index in [0.29, 0.717) is 3.83 Å². The third-order valence-corrected chi connectivity index (χ3v) is 2.38. The Bertz CT molecular complexity index is 464. The van der Waals surface area contributed by atoms with Crippen molar-refractivity contribution in [2.45, 2.75) is 6.54 Å². The Kier molecular flexibility index (Phi) is 2.94. The lowest BCUT2D eigenvalue weighted by molar-refractivity contribution is 0.532. The van der Waals surface area contributed by atoms with Gasteiger partial charge >= 0.3 is 0 Å². The maximum atomic E-state index is 13.2. The van der Waals surface area contributed by atoms with E-state index in [0.717, 1.165) is 0 Å². The van der Waals surface area contributed by atoms with Crippen molar-refractivity contribution in [3.05, 3.63) is 45.6 Å². The summed E-state index contributed by atoms with van der Waals surface area (Å²) in [5.74, 6) is -1.14. The molecule has 2 rings (SSSR count). The second-order valence-corrected chi connectivity index (χ2v) is 3.88. The van der Waals surface area contributed by atoms with E-state index >= 15 is 0 Å². The van der Waals surface area contributed by atoms with E-state index in [2.05, 4.69) is 10.1 Å². The largest absolute Gasteiger partial charge is 0.247 e. The molecule has 6 heteroatoms. The van der Waals surface area contributed by atoms with E-state index in [9.17, 15) is 8.78 Å². The maximum absolute atomic E-state index is 13.2. The first-order valence-electron chi connectivity index (χ1n) is 4.14. The zero-order chi connectivity index (χ0) is 10.8. The molecular formula is C9H6F2IN3. The van der Waals surface area contributed by atoms with E-state index in [1.54, 1.807) is 0 Å². The quantitative estimate of drug-likeness (QED) is 0.794. The average molecular weight is 321 g/mol. The highest BCUT2D eigenvalue weighted by Crippen LogP contribution is 2.13. The predicted octanol–water partition coefficient (Wildman–Crippen LogP) is 2.21. The SMILES string of the molecule is Fc1cccc(F)c1Cn1cnc(I)n1. The number of nitrogens with zero attached hydrogens (tertiary/aromatic N) is 3. The molecule has 0 spiro atoms. The third-order valence-electron chi connectivity index (χ3n) is 1.89. The topological polar surface area (TPSA) is 30.7 Å². The first kappa shape index (κ1) is 10.5. The van der Waals surface area contributed by atoms with Gasteiger partial charge in [-0.15, -0.1) is 5.10 Å². The Hall–Kier alpha value is -1.05. The van der Waals surface area contributed by atoms with Crippen molar-refractivity contribution in [1.29, 1.82) is 0 Å². The van der Waals surface area contributed by atoms with Gasteiger partial charge in [-0.25, -0.2) is 18.4 Å². The van der Waals surface area contributed by atoms with Gasteiger partial charge in [0.15, 0.2) is 0 Å². The van der Waals surface area contributed by atoms with Crippen molar-refractivity contribution in [1.82, 2.24) is 14.8 Å². The Morgan fingerprint density at radius 1 is 1.27 bits per heavy atom. The van der Waals surface area contributed by atoms with Gasteiger partial charge in [-0.1, -0.05) is 6.07 Å². The van der Waals surface area contributed by atoms with Crippen molar-refractivity contribution in [2.75, 3.05) is 0 Å². The Balaban J connectivity index is 2.31. The van der Waals surface area contributed by atoms with Crippen LogP contribution in [0.4, 0.5) is 8.78 Å². The summed E-state index contributed by atoms with van der Waals surface area (Å²) >= 11 is 1.93. The average Bonchev–Trinajstić information content (AvgIpc) is 2.58. The van der Waals surface area contributed by atoms with E-state index < -0.39 is 11.6 Å². The standard InChI is InChI=1S/C9H6F2IN3/c10-7-2-1-3-8(11)6(7)4-15-5-13-9(12)14-15/h1-3,5H,4H2. The van der Waals surface area contributed by atoms with Crippen molar-refractivity contribution in [3.8, 4) is 0 Å². The molecule has 0 N–H and O–H groups in total. The van der Waals surface area contributed by atoms with Crippen molar-refractivity contribution < 1.29 is 8.78 Å². The molecule has 0 aliphatic rings. The molecule has 0 aliphatic carbocycles. The highest BCUT2D eigenvalue weighted by atomic mass is 127. The molecule has 0 unspecified atom stereocenters. The molecular weight excluding hydrogens is 315 g/mol. The Morgan fingerprint density at radius 2 is 1.93 bits per heavy atom. The van der Waals surface area contributed by atoms with E-state index in [1.807, 2.05) is 22.6 Å². The van der Waals surface area contributed by atoms with Crippen LogP contribution in [0.3, 0.4) is 0 Å². The molecule has 15 heavy (non-hydrogen) atoms. The van der Waals surface area contributed by atoms with E-state index in [1.165, 1.54) is 29.2 Å². The molecule has 0 atom stereocenters. The molecule has 1 aromatic heterocycles. The first-order valence-corrected chi connectivity index (χ1v) is 5.22. The molecule has 2 aromatic rings. The van der Waals surface area contributed by atoms with Gasteiger partial charge in [0, 0.05) is 28.2 Å². The van der Waals surface area contributed by atoms with Crippen LogP contribution < -0.4 is 0 Å². The van der Waals surface area contributed by atoms with Crippen LogP contribution in [0.2, 0.25) is 0 Å². The molecule has 0 bridgehead atoms. The van der Waals surface area contributed by atoms with Crippen LogP contribution in [0, 0.1) is 15.5 Å². The number of rotatable bonds is 2. The van der Waals surface area contributed by atoms with Gasteiger partial charge in [0.1, 0.15) is 18.0 Å². The summed E-state index contributed by atoms with van der Waals surface area (Å²) < 4.78 is 28.4. The predicted molar refractivity (Wildman–Crippen MR) is 58.2 cm³/mol. The monoisotopic (exact) mass is 321 g/mol. The van der Waals surface area contributed by atoms with Crippen molar-refractivity contribution in [3.63, 3.8) is 0 Å². The summed E-state index contributed by atoms with van der Waals surface area (Å²) in [7, 11) is 0. The van der Waals surface area contributed by atoms with Gasteiger partial charge in [-0.2, -0.15) is 0 Å². The zero-order valence-electron chi connectivity index (χ0n) is 7.49. The minimum Gasteiger partial charge on any atom is -0.247 e. The molecule has 0 fully saturated rings. The fraction of sp³-hybridized carbons (Fsp3) is 0.111. The third kappa shape index (κ3) is 2.31. The zero-order valence-corrected chi connectivity index (χ0v) is 9.65. The van der Waals surface area contributed by atoms with Crippen LogP contribution in [0.15, 0.2) is 24.5 Å². The lowest BCUT2D eigenvalue weighted by Crippen LogP contribution is -2.05. The first-order chi connectivity index (χ1) is 7.16. The van der Waals surface area contributed by atoms with Crippen LogP contribution >= 0.6 is 22.6 Å². The Labute approximate surface area is 98.3 Å². The van der Waals surface area contributed by atoms with Crippen molar-refractivity contribution in [2.24, 2.45) is 0 Å². The molecule has 1 heterocycles. The lowest BCUT2D eigenvalue weighted by Gasteiger charge is -2.03. The second kappa shape index (κ2) is 4.21. The summed E-state index contributed by atoms with van der Waals surface area (Å²) in [5, 5.41) is 3.95. The molecule has 0 aliphatic heterocycles. The highest BCUT2D eigenvalue weighted by Gasteiger charge is 2.09. The maximum Gasteiger partial charge on any atom is 0.211 e. The van der Waals surface area contributed by atoms with Crippen LogP contribution in [0.5, 0.6) is 0 Å². The molecule has 0 radical (unpaired) electrons. The number of aromatic nitrogens is 3. The number of halogens is 3. The van der Waals surface area contributed by atoms with Gasteiger partial charge < -0.3 is 0 Å². The van der Waals surface area contributed by atoms with Crippen molar-refractivity contribution >= 4 is 22.6 Å². The summed E-state index contributed by atoms with van der Waals surface area (Å²) in [5.41, 5.74) is -0.00111. The fourth-order valence-corrected chi connectivity index (χ4v) is 1.60. The molecule has 1 aromatic carbocycles. The summed E-state index contributed by atoms with van der Waals surface area (Å²) in [6, 6.07) is 3.78. The molecule has 0 saturated heterocycles. The minimum atomic E-state index is -0.569. The smallest absolute Gasteiger partial charge is 0.211 e. The minimum absolute atomic E-state index is 0.00111. The molecule has 0 amide bonds. The van der Waals surface area contributed by atoms with Gasteiger partial charge in [0.05, 0.1) is 6.54 Å². The molecule has 0 saturated carbocycles. The molecule has 3 nitrogen and oxygen atoms in total. The lowest BCUT2D eigenvalue weighted by atomic mass is 10.2. The van der Waals surface area contributed by atoms with Crippen LogP contribution in [0.1, 0.15) is 5.56 Å². The number of hydrogen-bond acceptors (Lipinski definition) is 2. The van der Waals surface area contributed by atoms with Gasteiger partial charge in [-0.3, -0.25) is 0 Å². The molecule has 78 valence electrons. The van der Waals surface area contributed by atoms with Crippen LogP contribution in [-0.2, 0) is 6.54 Å². The van der Waals surface area contributed by atoms with Crippen LogP contribution in [0.25, 0.3) is 0 Å². The summed E-state index contributed by atoms with van der Waals surface area (Å²) in [6.45, 7) is 0.0501. The van der Waals surface area contributed by atoms with Gasteiger partial charge in [0.25, 0.3) is 0 Å². The Morgan fingerprint density at radius 3 is 2.47 bits per heavy atom. The van der Waals surface area contributed by atoms with E-state index in [4.69, 9.17) is 0 Å². The van der Waals surface area contributed by atoms with E-state index in [-0.39, 0.29) is 12.1 Å².